The summed E-state index contributed by atoms with van der Waals surface area (Å²) in [6.07, 6.45) is 0. The van der Waals surface area contributed by atoms with E-state index in [0.717, 1.165) is 22.3 Å². The monoisotopic (exact) mass is 426 g/mol. The number of rotatable bonds is 7. The number of aromatic nitrogens is 3. The van der Waals surface area contributed by atoms with Crippen LogP contribution in [-0.4, -0.2) is 42.0 Å². The summed E-state index contributed by atoms with van der Waals surface area (Å²) in [4.78, 5) is 18.1. The van der Waals surface area contributed by atoms with Crippen molar-refractivity contribution in [1.29, 1.82) is 0 Å². The number of pyridine rings is 1. The van der Waals surface area contributed by atoms with Crippen molar-refractivity contribution in [2.45, 2.75) is 39.7 Å². The first-order valence-corrected chi connectivity index (χ1v) is 10.2. The first-order valence-electron chi connectivity index (χ1n) is 10.2. The summed E-state index contributed by atoms with van der Waals surface area (Å²) in [5.74, 6) is 1.57. The minimum absolute atomic E-state index is 0.179. The lowest BCUT2D eigenvalue weighted by atomic mass is 10.0. The van der Waals surface area contributed by atoms with E-state index in [1.165, 1.54) is 0 Å². The predicted molar refractivity (Wildman–Crippen MR) is 119 cm³/mol. The van der Waals surface area contributed by atoms with Gasteiger partial charge in [-0.2, -0.15) is 5.10 Å². The van der Waals surface area contributed by atoms with Crippen molar-refractivity contribution >= 4 is 16.9 Å². The van der Waals surface area contributed by atoms with Crippen LogP contribution < -0.4 is 19.5 Å². The molecule has 3 aromatic rings. The second-order valence-electron chi connectivity index (χ2n) is 7.81. The number of carbonyl (C=O) groups is 1. The van der Waals surface area contributed by atoms with E-state index in [2.05, 4.69) is 24.3 Å². The second kappa shape index (κ2) is 8.83. The van der Waals surface area contributed by atoms with E-state index in [9.17, 15) is 4.79 Å². The van der Waals surface area contributed by atoms with Crippen LogP contribution in [0.3, 0.4) is 0 Å². The third-order valence-corrected chi connectivity index (χ3v) is 5.36. The quantitative estimate of drug-likeness (QED) is 0.616. The number of amides is 1. The van der Waals surface area contributed by atoms with Crippen LogP contribution in [0.5, 0.6) is 17.2 Å². The molecule has 2 heterocycles. The van der Waals surface area contributed by atoms with Gasteiger partial charge in [-0.25, -0.2) is 4.98 Å². The average molecular weight is 427 g/mol. The zero-order valence-electron chi connectivity index (χ0n) is 19.4. The zero-order chi connectivity index (χ0) is 22.9. The lowest BCUT2D eigenvalue weighted by Gasteiger charge is -2.19. The van der Waals surface area contributed by atoms with Gasteiger partial charge < -0.3 is 19.5 Å². The molecule has 1 aromatic carbocycles. The molecule has 8 nitrogen and oxygen atoms in total. The van der Waals surface area contributed by atoms with Crippen LogP contribution in [0.25, 0.3) is 11.0 Å². The van der Waals surface area contributed by atoms with Gasteiger partial charge in [0.1, 0.15) is 0 Å². The Bertz CT molecular complexity index is 1100. The molecule has 1 unspecified atom stereocenters. The van der Waals surface area contributed by atoms with Crippen LogP contribution in [0.2, 0.25) is 0 Å². The SMILES string of the molecule is COc1cc(C(C)NC(=O)c2cc(C(C)C)nc3c2c(C)nn3C)cc(OC)c1OC. The molecule has 0 aliphatic heterocycles. The molecule has 0 saturated heterocycles. The lowest BCUT2D eigenvalue weighted by molar-refractivity contribution is 0.0941. The molecule has 0 spiro atoms. The Morgan fingerprint density at radius 2 is 1.65 bits per heavy atom. The van der Waals surface area contributed by atoms with Gasteiger partial charge >= 0.3 is 0 Å². The van der Waals surface area contributed by atoms with E-state index >= 15 is 0 Å². The summed E-state index contributed by atoms with van der Waals surface area (Å²) in [5.41, 5.74) is 3.72. The highest BCUT2D eigenvalue weighted by Gasteiger charge is 2.22. The fourth-order valence-electron chi connectivity index (χ4n) is 3.65. The number of hydrogen-bond donors (Lipinski definition) is 1. The fraction of sp³-hybridized carbons (Fsp3) is 0.435. The minimum Gasteiger partial charge on any atom is -0.493 e. The number of hydrogen-bond acceptors (Lipinski definition) is 6. The number of methoxy groups -OCH3 is 3. The van der Waals surface area contributed by atoms with E-state index in [-0.39, 0.29) is 17.9 Å². The summed E-state index contributed by atoms with van der Waals surface area (Å²) < 4.78 is 18.0. The van der Waals surface area contributed by atoms with Crippen LogP contribution in [0.4, 0.5) is 0 Å². The Kier molecular flexibility index (Phi) is 6.38. The topological polar surface area (TPSA) is 87.5 Å². The van der Waals surface area contributed by atoms with E-state index in [1.807, 2.05) is 39.1 Å². The second-order valence-corrected chi connectivity index (χ2v) is 7.81. The van der Waals surface area contributed by atoms with Crippen molar-refractivity contribution in [3.8, 4) is 17.2 Å². The maximum atomic E-state index is 13.3. The molecule has 166 valence electrons. The third kappa shape index (κ3) is 4.15. The van der Waals surface area contributed by atoms with Crippen molar-refractivity contribution < 1.29 is 19.0 Å². The van der Waals surface area contributed by atoms with E-state index in [4.69, 9.17) is 19.2 Å². The van der Waals surface area contributed by atoms with Crippen LogP contribution in [-0.2, 0) is 7.05 Å². The number of nitrogens with one attached hydrogen (secondary N) is 1. The summed E-state index contributed by atoms with van der Waals surface area (Å²) in [5, 5.41) is 8.32. The number of ether oxygens (including phenoxy) is 3. The van der Waals surface area contributed by atoms with E-state index < -0.39 is 0 Å². The van der Waals surface area contributed by atoms with Gasteiger partial charge in [-0.3, -0.25) is 9.48 Å². The Morgan fingerprint density at radius 3 is 2.16 bits per heavy atom. The van der Waals surface area contributed by atoms with Crippen molar-refractivity contribution in [3.05, 3.63) is 40.7 Å². The molecule has 0 bridgehead atoms. The number of carbonyl (C=O) groups excluding carboxylic acids is 1. The Labute approximate surface area is 182 Å². The first-order chi connectivity index (χ1) is 14.7. The average Bonchev–Trinajstić information content (AvgIpc) is 3.05. The fourth-order valence-corrected chi connectivity index (χ4v) is 3.65. The molecule has 0 radical (unpaired) electrons. The van der Waals surface area contributed by atoms with Gasteiger partial charge in [0.15, 0.2) is 17.1 Å². The molecule has 3 rings (SSSR count). The molecule has 0 aliphatic carbocycles. The molecule has 31 heavy (non-hydrogen) atoms. The van der Waals surface area contributed by atoms with Gasteiger partial charge in [0.2, 0.25) is 5.75 Å². The van der Waals surface area contributed by atoms with Crippen LogP contribution in [0.15, 0.2) is 18.2 Å². The van der Waals surface area contributed by atoms with E-state index in [0.29, 0.717) is 28.5 Å². The number of nitrogens with zero attached hydrogens (tertiary/aromatic N) is 3. The summed E-state index contributed by atoms with van der Waals surface area (Å²) in [7, 11) is 6.53. The zero-order valence-corrected chi connectivity index (χ0v) is 19.4. The third-order valence-electron chi connectivity index (χ3n) is 5.36. The maximum Gasteiger partial charge on any atom is 0.252 e. The standard InChI is InChI=1S/C23H30N4O4/c1-12(2)17-11-16(20-14(4)26-27(5)22(20)25-17)23(28)24-13(3)15-9-18(29-6)21(31-8)19(10-15)30-7/h9-13H,1-8H3,(H,24,28). The van der Waals surface area contributed by atoms with E-state index in [1.54, 1.807) is 26.0 Å². The van der Waals surface area contributed by atoms with Crippen LogP contribution in [0, 0.1) is 6.92 Å². The predicted octanol–water partition coefficient (Wildman–Crippen LogP) is 3.92. The highest BCUT2D eigenvalue weighted by atomic mass is 16.5. The number of fused-ring (bicyclic) bond motifs is 1. The molecule has 1 amide bonds. The number of benzene rings is 1. The maximum absolute atomic E-state index is 13.3. The van der Waals surface area contributed by atoms with Gasteiger partial charge in [0, 0.05) is 12.7 Å². The van der Waals surface area contributed by atoms with Gasteiger partial charge in [-0.05, 0) is 43.5 Å². The number of aryl methyl sites for hydroxylation is 2. The minimum atomic E-state index is -0.302. The van der Waals surface area contributed by atoms with Crippen molar-refractivity contribution in [2.75, 3.05) is 21.3 Å². The molecule has 0 aliphatic rings. The Morgan fingerprint density at radius 1 is 1.03 bits per heavy atom. The van der Waals surface area contributed by atoms with Crippen molar-refractivity contribution in [2.24, 2.45) is 7.05 Å². The van der Waals surface area contributed by atoms with Gasteiger partial charge in [0.25, 0.3) is 5.91 Å². The molecule has 0 saturated carbocycles. The lowest BCUT2D eigenvalue weighted by Crippen LogP contribution is -2.27. The molecular formula is C23H30N4O4. The summed E-state index contributed by atoms with van der Waals surface area (Å²) in [6, 6.07) is 5.23. The largest absolute Gasteiger partial charge is 0.493 e. The molecule has 0 fully saturated rings. The molecule has 1 N–H and O–H groups in total. The van der Waals surface area contributed by atoms with Crippen molar-refractivity contribution in [3.63, 3.8) is 0 Å². The molecule has 2 aromatic heterocycles. The van der Waals surface area contributed by atoms with Gasteiger partial charge in [0.05, 0.1) is 44.0 Å². The van der Waals surface area contributed by atoms with Crippen LogP contribution >= 0.6 is 0 Å². The molecule has 1 atom stereocenters. The Hall–Kier alpha value is -3.29. The first kappa shape index (κ1) is 22.4. The summed E-state index contributed by atoms with van der Waals surface area (Å²) >= 11 is 0. The highest BCUT2D eigenvalue weighted by molar-refractivity contribution is 6.06. The highest BCUT2D eigenvalue weighted by Crippen LogP contribution is 2.39. The van der Waals surface area contributed by atoms with Gasteiger partial charge in [-0.1, -0.05) is 13.8 Å². The van der Waals surface area contributed by atoms with Gasteiger partial charge in [-0.15, -0.1) is 0 Å². The molecular weight excluding hydrogens is 396 g/mol. The summed E-state index contributed by atoms with van der Waals surface area (Å²) in [6.45, 7) is 7.91. The normalized spacial score (nSPS) is 12.2. The van der Waals surface area contributed by atoms with Crippen molar-refractivity contribution in [1.82, 2.24) is 20.1 Å². The molecule has 8 heteroatoms. The van der Waals surface area contributed by atoms with Crippen LogP contribution in [0.1, 0.15) is 60.0 Å². The Balaban J connectivity index is 2.01. The smallest absolute Gasteiger partial charge is 0.252 e.